The van der Waals surface area contributed by atoms with Crippen LogP contribution in [0.25, 0.3) is 22.3 Å². The standard InChI is InChI=1S/C36H30.2C2H6.CH3B2.CH3B.Y/c1-3-9-31-24(6-1)19-26-12-13-28(21-33(26)31)36(29-15-22-14-23(17-29)18-30(36)16-22)34-11-5-8-27-20-25-7-2-4-10-32(25)35(27)34;2*1-2;1-3-2;1-2;/h1-10,12-13,22-23,29-30H,14-20H2;2*1-2H3;1H3;1H3;/q-2;;;;;. The van der Waals surface area contributed by atoms with Gasteiger partial charge in [-0.15, -0.1) is 58.4 Å². The summed E-state index contributed by atoms with van der Waals surface area (Å²) in [5, 5.41) is 0. The minimum absolute atomic E-state index is 0. The van der Waals surface area contributed by atoms with E-state index in [-0.39, 0.29) is 38.1 Å². The summed E-state index contributed by atoms with van der Waals surface area (Å²) in [5.74, 6) is 3.27. The predicted octanol–water partition coefficient (Wildman–Crippen LogP) is 10.2. The Balaban J connectivity index is 0.000000442. The van der Waals surface area contributed by atoms with Crippen molar-refractivity contribution in [1.82, 2.24) is 0 Å². The third kappa shape index (κ3) is 6.23. The molecular weight excluding hydrogens is 626 g/mol. The maximum absolute atomic E-state index is 4.72. The van der Waals surface area contributed by atoms with Gasteiger partial charge in [-0.05, 0) is 74.0 Å². The Morgan fingerprint density at radius 2 is 1.20 bits per heavy atom. The minimum Gasteiger partial charge on any atom is -0.179 e. The maximum atomic E-state index is 4.72. The molecule has 0 heterocycles. The third-order valence-electron chi connectivity index (χ3n) is 10.7. The molecule has 6 radical (unpaired) electrons. The molecule has 4 aromatic rings. The van der Waals surface area contributed by atoms with Crippen LogP contribution in [0.1, 0.15) is 93.2 Å². The smallest absolute Gasteiger partial charge is 0.0606 e. The van der Waals surface area contributed by atoms with Crippen molar-refractivity contribution >= 4 is 22.8 Å². The average Bonchev–Trinajstić information content (AvgIpc) is 3.66. The zero-order valence-corrected chi connectivity index (χ0v) is 31.8. The van der Waals surface area contributed by atoms with Gasteiger partial charge >= 0.3 is 0 Å². The van der Waals surface area contributed by atoms with Crippen LogP contribution in [0.2, 0.25) is 13.6 Å². The minimum atomic E-state index is 0. The van der Waals surface area contributed by atoms with Crippen molar-refractivity contribution in [3.8, 4) is 22.3 Å². The molecular formula is C42H48B3Y-2. The molecule has 6 aliphatic rings. The van der Waals surface area contributed by atoms with E-state index >= 15 is 0 Å². The van der Waals surface area contributed by atoms with Crippen molar-refractivity contribution in [1.29, 1.82) is 0 Å². The van der Waals surface area contributed by atoms with Crippen molar-refractivity contribution in [3.05, 3.63) is 118 Å². The van der Waals surface area contributed by atoms with Gasteiger partial charge in [-0.3, -0.25) is 0 Å². The molecule has 0 saturated heterocycles. The molecule has 0 N–H and O–H groups in total. The molecule has 0 aliphatic heterocycles. The quantitative estimate of drug-likeness (QED) is 0.127. The molecule has 0 aromatic heterocycles. The molecule has 4 fully saturated rings. The summed E-state index contributed by atoms with van der Waals surface area (Å²) in [5.41, 5.74) is 14.6. The van der Waals surface area contributed by atoms with Crippen LogP contribution in [-0.4, -0.2) is 22.8 Å². The van der Waals surface area contributed by atoms with Gasteiger partial charge in [0.2, 0.25) is 0 Å². The first-order chi connectivity index (χ1) is 22.2. The molecule has 6 aliphatic carbocycles. The average molecular weight is 674 g/mol. The molecule has 0 spiro atoms. The summed E-state index contributed by atoms with van der Waals surface area (Å²) in [6, 6.07) is 35.7. The molecule has 10 rings (SSSR count). The summed E-state index contributed by atoms with van der Waals surface area (Å²) in [7, 11) is 10.7. The zero-order chi connectivity index (χ0) is 32.1. The Bertz CT molecular complexity index is 1560. The molecule has 46 heavy (non-hydrogen) atoms. The van der Waals surface area contributed by atoms with E-state index < -0.39 is 0 Å². The number of hydrogen-bond acceptors (Lipinski definition) is 0. The Morgan fingerprint density at radius 1 is 0.674 bits per heavy atom. The molecule has 4 aromatic carbocycles. The molecule has 4 heteroatoms. The Hall–Kier alpha value is -1.82. The van der Waals surface area contributed by atoms with Crippen LogP contribution in [0, 0.1) is 35.8 Å². The van der Waals surface area contributed by atoms with Crippen molar-refractivity contribution in [2.45, 2.75) is 91.7 Å². The van der Waals surface area contributed by atoms with E-state index in [4.69, 9.17) is 7.74 Å². The van der Waals surface area contributed by atoms with E-state index in [1.165, 1.54) is 102 Å². The van der Waals surface area contributed by atoms with E-state index in [0.717, 1.165) is 24.7 Å². The van der Waals surface area contributed by atoms with Gasteiger partial charge in [-0.1, -0.05) is 105 Å². The molecule has 0 amide bonds. The van der Waals surface area contributed by atoms with Crippen LogP contribution in [-0.2, 0) is 51.0 Å². The van der Waals surface area contributed by atoms with Crippen LogP contribution in [0.4, 0.5) is 0 Å². The molecule has 4 saturated carbocycles. The topological polar surface area (TPSA) is 0 Å². The van der Waals surface area contributed by atoms with Crippen LogP contribution in [0.5, 0.6) is 0 Å². The van der Waals surface area contributed by atoms with Crippen molar-refractivity contribution in [3.63, 3.8) is 0 Å². The number of fused-ring (bicyclic) bond motifs is 6. The normalized spacial score (nSPS) is 24.2. The van der Waals surface area contributed by atoms with Crippen molar-refractivity contribution in [2.75, 3.05) is 0 Å². The largest absolute Gasteiger partial charge is 0.179 e. The van der Waals surface area contributed by atoms with Crippen LogP contribution >= 0.6 is 0 Å². The number of benzene rings is 4. The van der Waals surface area contributed by atoms with Gasteiger partial charge in [0.15, 0.2) is 0 Å². The molecule has 0 nitrogen and oxygen atoms in total. The van der Waals surface area contributed by atoms with E-state index in [0.29, 0.717) is 11.8 Å². The fourth-order valence-electron chi connectivity index (χ4n) is 9.63. The Labute approximate surface area is 309 Å². The van der Waals surface area contributed by atoms with Crippen molar-refractivity contribution in [2.24, 2.45) is 23.7 Å². The number of rotatable bonds is 2. The van der Waals surface area contributed by atoms with Gasteiger partial charge in [-0.25, -0.2) is 0 Å². The second-order valence-electron chi connectivity index (χ2n) is 12.7. The summed E-state index contributed by atoms with van der Waals surface area (Å²) < 4.78 is 0. The molecule has 230 valence electrons. The van der Waals surface area contributed by atoms with Crippen LogP contribution in [0.3, 0.4) is 0 Å². The second-order valence-corrected chi connectivity index (χ2v) is 12.7. The van der Waals surface area contributed by atoms with E-state index in [1.54, 1.807) is 6.82 Å². The van der Waals surface area contributed by atoms with Crippen LogP contribution in [0.15, 0.2) is 72.8 Å². The van der Waals surface area contributed by atoms with E-state index in [9.17, 15) is 0 Å². The first-order valence-electron chi connectivity index (χ1n) is 17.5. The van der Waals surface area contributed by atoms with Gasteiger partial charge in [0.05, 0.1) is 15.0 Å². The molecule has 4 bridgehead atoms. The summed E-state index contributed by atoms with van der Waals surface area (Å²) in [6.07, 6.45) is 9.12. The number of hydrogen-bond donors (Lipinski definition) is 0. The maximum Gasteiger partial charge on any atom is 0.0606 e. The first-order valence-corrected chi connectivity index (χ1v) is 17.5. The predicted molar refractivity (Wildman–Crippen MR) is 197 cm³/mol. The SMILES string of the molecule is CC.CC.[B]C.[B][B]C.[Y].[c-]1c(C2(c3[c-]ccc4c3-c3ccccc3C4)C3CC4CC(C3)CC2C4)ccc2c1-c1ccccc1C2. The molecule has 0 unspecified atom stereocenters. The first kappa shape index (κ1) is 37.0. The third-order valence-corrected chi connectivity index (χ3v) is 10.7. The summed E-state index contributed by atoms with van der Waals surface area (Å²) in [6.45, 7) is 11.3. The molecule has 0 atom stereocenters. The van der Waals surface area contributed by atoms with Crippen molar-refractivity contribution < 1.29 is 32.7 Å². The monoisotopic (exact) mass is 674 g/mol. The van der Waals surface area contributed by atoms with Gasteiger partial charge < -0.3 is 0 Å². The van der Waals surface area contributed by atoms with E-state index in [1.807, 2.05) is 27.7 Å². The zero-order valence-electron chi connectivity index (χ0n) is 29.0. The van der Waals surface area contributed by atoms with Gasteiger partial charge in [-0.2, -0.15) is 18.2 Å². The fraction of sp³-hybridized carbons (Fsp3) is 0.429. The fourth-order valence-corrected chi connectivity index (χ4v) is 9.63. The van der Waals surface area contributed by atoms with Crippen LogP contribution < -0.4 is 0 Å². The van der Waals surface area contributed by atoms with Gasteiger partial charge in [0.25, 0.3) is 0 Å². The van der Waals surface area contributed by atoms with Gasteiger partial charge in [0.1, 0.15) is 0 Å². The summed E-state index contributed by atoms with van der Waals surface area (Å²) >= 11 is 0. The summed E-state index contributed by atoms with van der Waals surface area (Å²) in [4.78, 5) is 0. The second kappa shape index (κ2) is 16.5. The van der Waals surface area contributed by atoms with E-state index in [2.05, 4.69) is 92.8 Å². The Morgan fingerprint density at radius 3 is 1.80 bits per heavy atom. The van der Waals surface area contributed by atoms with Gasteiger partial charge in [0, 0.05) is 40.4 Å². The Kier molecular flexibility index (Phi) is 13.3.